The molecule has 21 heavy (non-hydrogen) atoms. The van der Waals surface area contributed by atoms with Crippen LogP contribution in [0, 0.1) is 12.3 Å². The molecule has 0 fully saturated rings. The Labute approximate surface area is 127 Å². The van der Waals surface area contributed by atoms with Crippen molar-refractivity contribution in [2.75, 3.05) is 30.9 Å². The second kappa shape index (κ2) is 7.20. The normalized spacial score (nSPS) is 12.3. The van der Waals surface area contributed by atoms with Crippen LogP contribution in [0.15, 0.2) is 23.4 Å². The van der Waals surface area contributed by atoms with Gasteiger partial charge < -0.3 is 21.2 Å². The van der Waals surface area contributed by atoms with E-state index < -0.39 is 0 Å². The molecule has 1 aromatic carbocycles. The van der Waals surface area contributed by atoms with Crippen molar-refractivity contribution < 1.29 is 5.21 Å². The Hall–Kier alpha value is -1.91. The van der Waals surface area contributed by atoms with Crippen molar-refractivity contribution in [3.63, 3.8) is 0 Å². The second-order valence-corrected chi connectivity index (χ2v) is 6.30. The molecular weight excluding hydrogens is 264 g/mol. The van der Waals surface area contributed by atoms with Crippen LogP contribution in [-0.2, 0) is 0 Å². The standard InChI is InChI=1S/C16H28N4O/c1-12-7-8-13(11-14(12)20(4)5)18-10-6-9-16(2,3)15(17)19-21/h7-8,11,18,21H,6,9-10H2,1-5H3,(H2,17,19). The van der Waals surface area contributed by atoms with Crippen LogP contribution in [0.1, 0.15) is 32.3 Å². The molecule has 5 heteroatoms. The molecule has 0 amide bonds. The van der Waals surface area contributed by atoms with E-state index in [0.717, 1.165) is 25.1 Å². The highest BCUT2D eigenvalue weighted by Crippen LogP contribution is 2.24. The van der Waals surface area contributed by atoms with Gasteiger partial charge in [-0.05, 0) is 37.5 Å². The number of benzene rings is 1. The lowest BCUT2D eigenvalue weighted by atomic mass is 9.86. The van der Waals surface area contributed by atoms with E-state index in [0.29, 0.717) is 0 Å². The molecule has 0 saturated heterocycles. The van der Waals surface area contributed by atoms with Crippen LogP contribution >= 0.6 is 0 Å². The summed E-state index contributed by atoms with van der Waals surface area (Å²) < 4.78 is 0. The Balaban J connectivity index is 2.52. The fourth-order valence-corrected chi connectivity index (χ4v) is 2.23. The molecular formula is C16H28N4O. The molecule has 0 aliphatic heterocycles. The van der Waals surface area contributed by atoms with E-state index in [2.05, 4.69) is 40.5 Å². The van der Waals surface area contributed by atoms with Gasteiger partial charge in [0.1, 0.15) is 5.84 Å². The number of rotatable bonds is 7. The first kappa shape index (κ1) is 17.1. The zero-order chi connectivity index (χ0) is 16.0. The lowest BCUT2D eigenvalue weighted by Gasteiger charge is -2.23. The predicted molar refractivity (Wildman–Crippen MR) is 90.4 cm³/mol. The molecule has 0 atom stereocenters. The largest absolute Gasteiger partial charge is 0.409 e. The van der Waals surface area contributed by atoms with Crippen LogP contribution < -0.4 is 16.0 Å². The maximum absolute atomic E-state index is 8.76. The number of nitrogens with one attached hydrogen (secondary N) is 1. The van der Waals surface area contributed by atoms with Crippen LogP contribution in [-0.4, -0.2) is 31.7 Å². The van der Waals surface area contributed by atoms with Crippen molar-refractivity contribution in [2.24, 2.45) is 16.3 Å². The maximum atomic E-state index is 8.76. The minimum atomic E-state index is -0.279. The van der Waals surface area contributed by atoms with E-state index in [1.165, 1.54) is 11.3 Å². The van der Waals surface area contributed by atoms with E-state index in [1.807, 2.05) is 27.9 Å². The maximum Gasteiger partial charge on any atom is 0.144 e. The third kappa shape index (κ3) is 4.85. The average molecular weight is 292 g/mol. The number of amidine groups is 1. The molecule has 0 unspecified atom stereocenters. The quantitative estimate of drug-likeness (QED) is 0.237. The number of hydrogen-bond acceptors (Lipinski definition) is 4. The van der Waals surface area contributed by atoms with Gasteiger partial charge >= 0.3 is 0 Å². The highest BCUT2D eigenvalue weighted by Gasteiger charge is 2.22. The van der Waals surface area contributed by atoms with Gasteiger partial charge in [0, 0.05) is 37.4 Å². The van der Waals surface area contributed by atoms with E-state index in [4.69, 9.17) is 10.9 Å². The molecule has 0 aliphatic carbocycles. The third-order valence-electron chi connectivity index (χ3n) is 3.80. The molecule has 0 saturated carbocycles. The zero-order valence-electron chi connectivity index (χ0n) is 13.8. The zero-order valence-corrected chi connectivity index (χ0v) is 13.8. The SMILES string of the molecule is Cc1ccc(NCCCC(C)(C)/C(N)=N/O)cc1N(C)C. The molecule has 0 bridgehead atoms. The van der Waals surface area contributed by atoms with Crippen molar-refractivity contribution in [1.29, 1.82) is 0 Å². The van der Waals surface area contributed by atoms with Crippen molar-refractivity contribution in [2.45, 2.75) is 33.6 Å². The molecule has 1 rings (SSSR count). The minimum Gasteiger partial charge on any atom is -0.409 e. The first-order valence-corrected chi connectivity index (χ1v) is 7.28. The van der Waals surface area contributed by atoms with E-state index in [9.17, 15) is 0 Å². The summed E-state index contributed by atoms with van der Waals surface area (Å²) in [5, 5.41) is 15.3. The van der Waals surface area contributed by atoms with Gasteiger partial charge in [0.05, 0.1) is 0 Å². The van der Waals surface area contributed by atoms with Crippen molar-refractivity contribution in [3.05, 3.63) is 23.8 Å². The first-order chi connectivity index (χ1) is 9.77. The molecule has 0 radical (unpaired) electrons. The number of oxime groups is 1. The summed E-state index contributed by atoms with van der Waals surface area (Å²) in [5.41, 5.74) is 9.01. The summed E-state index contributed by atoms with van der Waals surface area (Å²) in [7, 11) is 4.09. The monoisotopic (exact) mass is 292 g/mol. The van der Waals surface area contributed by atoms with Gasteiger partial charge in [0.15, 0.2) is 0 Å². The van der Waals surface area contributed by atoms with Crippen LogP contribution in [0.3, 0.4) is 0 Å². The van der Waals surface area contributed by atoms with E-state index >= 15 is 0 Å². The topological polar surface area (TPSA) is 73.9 Å². The smallest absolute Gasteiger partial charge is 0.144 e. The summed E-state index contributed by atoms with van der Waals surface area (Å²) in [5.74, 6) is 0.285. The van der Waals surface area contributed by atoms with Gasteiger partial charge in [-0.1, -0.05) is 25.1 Å². The van der Waals surface area contributed by atoms with Crippen molar-refractivity contribution in [3.8, 4) is 0 Å². The summed E-state index contributed by atoms with van der Waals surface area (Å²) in [4.78, 5) is 2.11. The lowest BCUT2D eigenvalue weighted by Crippen LogP contribution is -2.32. The number of nitrogens with two attached hydrogens (primary N) is 1. The van der Waals surface area contributed by atoms with Crippen LogP contribution in [0.2, 0.25) is 0 Å². The Morgan fingerprint density at radius 3 is 2.62 bits per heavy atom. The third-order valence-corrected chi connectivity index (χ3v) is 3.80. The molecule has 5 nitrogen and oxygen atoms in total. The van der Waals surface area contributed by atoms with Crippen LogP contribution in [0.25, 0.3) is 0 Å². The molecule has 4 N–H and O–H groups in total. The highest BCUT2D eigenvalue weighted by atomic mass is 16.4. The summed E-state index contributed by atoms with van der Waals surface area (Å²) in [6, 6.07) is 6.37. The van der Waals surface area contributed by atoms with Gasteiger partial charge in [-0.3, -0.25) is 0 Å². The van der Waals surface area contributed by atoms with E-state index in [-0.39, 0.29) is 11.3 Å². The fourth-order valence-electron chi connectivity index (χ4n) is 2.23. The number of nitrogens with zero attached hydrogens (tertiary/aromatic N) is 2. The van der Waals surface area contributed by atoms with Crippen LogP contribution in [0.5, 0.6) is 0 Å². The van der Waals surface area contributed by atoms with Crippen LogP contribution in [0.4, 0.5) is 11.4 Å². The average Bonchev–Trinajstić information content (AvgIpc) is 2.43. The van der Waals surface area contributed by atoms with Gasteiger partial charge in [-0.15, -0.1) is 0 Å². The first-order valence-electron chi connectivity index (χ1n) is 7.28. The molecule has 0 aromatic heterocycles. The Kier molecular flexibility index (Phi) is 5.88. The predicted octanol–water partition coefficient (Wildman–Crippen LogP) is 3.03. The van der Waals surface area contributed by atoms with Gasteiger partial charge in [-0.25, -0.2) is 0 Å². The molecule has 0 aliphatic rings. The highest BCUT2D eigenvalue weighted by molar-refractivity contribution is 5.85. The second-order valence-electron chi connectivity index (χ2n) is 6.30. The number of aryl methyl sites for hydroxylation is 1. The molecule has 118 valence electrons. The van der Waals surface area contributed by atoms with Gasteiger partial charge in [-0.2, -0.15) is 0 Å². The Bertz CT molecular complexity index is 495. The minimum absolute atomic E-state index is 0.279. The molecule has 1 aromatic rings. The summed E-state index contributed by atoms with van der Waals surface area (Å²) in [6.07, 6.45) is 1.82. The van der Waals surface area contributed by atoms with Gasteiger partial charge in [0.25, 0.3) is 0 Å². The molecule has 0 heterocycles. The lowest BCUT2D eigenvalue weighted by molar-refractivity contribution is 0.305. The number of hydrogen-bond donors (Lipinski definition) is 3. The van der Waals surface area contributed by atoms with E-state index in [1.54, 1.807) is 0 Å². The summed E-state index contributed by atoms with van der Waals surface area (Å²) >= 11 is 0. The Morgan fingerprint density at radius 1 is 1.38 bits per heavy atom. The molecule has 0 spiro atoms. The Morgan fingerprint density at radius 2 is 2.05 bits per heavy atom. The van der Waals surface area contributed by atoms with Crippen molar-refractivity contribution in [1.82, 2.24) is 0 Å². The number of anilines is 2. The van der Waals surface area contributed by atoms with Gasteiger partial charge in [0.2, 0.25) is 0 Å². The van der Waals surface area contributed by atoms with Crippen molar-refractivity contribution >= 4 is 17.2 Å². The fraction of sp³-hybridized carbons (Fsp3) is 0.562. The summed E-state index contributed by atoms with van der Waals surface area (Å²) in [6.45, 7) is 6.94.